The van der Waals surface area contributed by atoms with Gasteiger partial charge in [-0.15, -0.1) is 0 Å². The predicted octanol–water partition coefficient (Wildman–Crippen LogP) is 1.51. The number of unbranched alkanes of at least 4 members (excludes halogenated alkanes) is 6. The third-order valence-electron chi connectivity index (χ3n) is 4.38. The molecule has 6 heteroatoms. The molecule has 6 nitrogen and oxygen atoms in total. The van der Waals surface area contributed by atoms with E-state index in [-0.39, 0.29) is 13.0 Å². The number of aliphatic carboxylic acids is 2. The van der Waals surface area contributed by atoms with Gasteiger partial charge in [0, 0.05) is 5.41 Å². The Bertz CT molecular complexity index is 457. The molecule has 0 aliphatic rings. The first-order chi connectivity index (χ1) is 11.8. The van der Waals surface area contributed by atoms with Gasteiger partial charge in [0.25, 0.3) is 0 Å². The number of carboxylic acids is 2. The topological polar surface area (TPSA) is 107 Å². The average Bonchev–Trinajstić information content (AvgIpc) is 2.56. The molecule has 0 amide bonds. The van der Waals surface area contributed by atoms with Gasteiger partial charge in [-0.1, -0.05) is 65.4 Å². The van der Waals surface area contributed by atoms with Crippen molar-refractivity contribution < 1.29 is 29.3 Å². The fraction of sp³-hybridized carbons (Fsp3) is 0.737. The highest BCUT2D eigenvalue weighted by molar-refractivity contribution is 5.96. The zero-order valence-electron chi connectivity index (χ0n) is 15.4. The predicted molar refractivity (Wildman–Crippen MR) is 90.1 cm³/mol. The molecule has 0 saturated carbocycles. The maximum absolute atomic E-state index is 12.0. The summed E-state index contributed by atoms with van der Waals surface area (Å²) in [6, 6.07) is 0. The van der Waals surface area contributed by atoms with E-state index in [4.69, 9.17) is 4.74 Å². The van der Waals surface area contributed by atoms with E-state index in [9.17, 15) is 24.6 Å². The highest BCUT2D eigenvalue weighted by Crippen LogP contribution is 2.36. The van der Waals surface area contributed by atoms with Gasteiger partial charge in [0.15, 0.2) is 0 Å². The number of esters is 1. The van der Waals surface area contributed by atoms with Crippen LogP contribution in [0.15, 0.2) is 12.2 Å². The Morgan fingerprint density at radius 3 is 1.96 bits per heavy atom. The number of carbonyl (C=O) groups excluding carboxylic acids is 3. The molecule has 0 rings (SSSR count). The lowest BCUT2D eigenvalue weighted by atomic mass is 9.73. The Labute approximate surface area is 150 Å². The SMILES string of the molecule is C=C(C(=O)[O-])C(CCCCCC)(CC(=O)OCCCCCC)C(=O)[O-]. The van der Waals surface area contributed by atoms with E-state index in [1.165, 1.54) is 0 Å². The van der Waals surface area contributed by atoms with E-state index in [1.807, 2.05) is 6.92 Å². The first-order valence-electron chi connectivity index (χ1n) is 9.09. The molecule has 0 N–H and O–H groups in total. The van der Waals surface area contributed by atoms with Crippen LogP contribution >= 0.6 is 0 Å². The smallest absolute Gasteiger partial charge is 0.307 e. The second-order valence-corrected chi connectivity index (χ2v) is 6.40. The third-order valence-corrected chi connectivity index (χ3v) is 4.38. The fourth-order valence-corrected chi connectivity index (χ4v) is 2.70. The Morgan fingerprint density at radius 2 is 1.48 bits per heavy atom. The Morgan fingerprint density at radius 1 is 0.920 bits per heavy atom. The molecular formula is C19H30O6-2. The standard InChI is InChI=1S/C19H32O6/c1-4-6-8-10-12-19(18(23)24,15(3)17(21)22)14-16(20)25-13-11-9-7-5-2/h3-14H2,1-2H3,(H,21,22)(H,23,24)/p-2. The van der Waals surface area contributed by atoms with Crippen molar-refractivity contribution in [3.8, 4) is 0 Å². The van der Waals surface area contributed by atoms with Crippen molar-refractivity contribution in [1.29, 1.82) is 0 Å². The number of carbonyl (C=O) groups is 3. The van der Waals surface area contributed by atoms with Gasteiger partial charge in [-0.25, -0.2) is 0 Å². The number of carboxylic acid groups (broad SMARTS) is 2. The number of ether oxygens (including phenoxy) is 1. The van der Waals surface area contributed by atoms with Crippen LogP contribution in [0.25, 0.3) is 0 Å². The minimum absolute atomic E-state index is 0.0346. The second-order valence-electron chi connectivity index (χ2n) is 6.40. The van der Waals surface area contributed by atoms with Crippen molar-refractivity contribution in [2.45, 2.75) is 78.1 Å². The molecule has 0 aromatic rings. The van der Waals surface area contributed by atoms with Crippen LogP contribution in [0.3, 0.4) is 0 Å². The molecule has 0 aliphatic heterocycles. The van der Waals surface area contributed by atoms with Gasteiger partial charge >= 0.3 is 5.97 Å². The highest BCUT2D eigenvalue weighted by atomic mass is 16.5. The highest BCUT2D eigenvalue weighted by Gasteiger charge is 2.38. The van der Waals surface area contributed by atoms with Crippen molar-refractivity contribution >= 4 is 17.9 Å². The second kappa shape index (κ2) is 12.5. The zero-order chi connectivity index (χ0) is 19.3. The summed E-state index contributed by atoms with van der Waals surface area (Å²) in [7, 11) is 0. The normalized spacial score (nSPS) is 13.0. The lowest BCUT2D eigenvalue weighted by Gasteiger charge is -2.36. The summed E-state index contributed by atoms with van der Waals surface area (Å²) in [6.07, 6.45) is 6.08. The molecule has 0 aromatic carbocycles. The summed E-state index contributed by atoms with van der Waals surface area (Å²) in [5.41, 5.74) is -2.61. The van der Waals surface area contributed by atoms with Crippen molar-refractivity contribution in [3.63, 3.8) is 0 Å². The van der Waals surface area contributed by atoms with Gasteiger partial charge < -0.3 is 24.5 Å². The summed E-state index contributed by atoms with van der Waals surface area (Å²) in [4.78, 5) is 35.0. The van der Waals surface area contributed by atoms with Crippen LogP contribution in [-0.2, 0) is 19.1 Å². The van der Waals surface area contributed by atoms with Crippen LogP contribution in [0.5, 0.6) is 0 Å². The van der Waals surface area contributed by atoms with E-state index < -0.39 is 35.3 Å². The van der Waals surface area contributed by atoms with Crippen molar-refractivity contribution in [3.05, 3.63) is 12.2 Å². The Hall–Kier alpha value is -1.85. The molecule has 1 unspecified atom stereocenters. The van der Waals surface area contributed by atoms with E-state index in [0.717, 1.165) is 38.5 Å². The molecule has 0 fully saturated rings. The average molecular weight is 354 g/mol. The first-order valence-corrected chi connectivity index (χ1v) is 9.09. The third kappa shape index (κ3) is 8.18. The minimum atomic E-state index is -1.98. The largest absolute Gasteiger partial charge is 0.549 e. The molecular weight excluding hydrogens is 324 g/mol. The van der Waals surface area contributed by atoms with Crippen molar-refractivity contribution in [2.75, 3.05) is 6.61 Å². The lowest BCUT2D eigenvalue weighted by molar-refractivity contribution is -0.322. The van der Waals surface area contributed by atoms with Crippen LogP contribution in [-0.4, -0.2) is 24.5 Å². The van der Waals surface area contributed by atoms with Crippen molar-refractivity contribution in [2.24, 2.45) is 5.41 Å². The summed E-state index contributed by atoms with van der Waals surface area (Å²) >= 11 is 0. The minimum Gasteiger partial charge on any atom is -0.549 e. The summed E-state index contributed by atoms with van der Waals surface area (Å²) < 4.78 is 5.07. The van der Waals surface area contributed by atoms with Gasteiger partial charge in [-0.05, 0) is 18.4 Å². The van der Waals surface area contributed by atoms with Crippen LogP contribution in [0.4, 0.5) is 0 Å². The molecule has 0 saturated heterocycles. The van der Waals surface area contributed by atoms with Crippen LogP contribution in [0.1, 0.15) is 78.1 Å². The zero-order valence-corrected chi connectivity index (χ0v) is 15.4. The van der Waals surface area contributed by atoms with E-state index in [2.05, 4.69) is 13.5 Å². The van der Waals surface area contributed by atoms with Crippen molar-refractivity contribution in [1.82, 2.24) is 0 Å². The van der Waals surface area contributed by atoms with Crippen LogP contribution in [0, 0.1) is 5.41 Å². The number of hydrogen-bond acceptors (Lipinski definition) is 6. The molecule has 0 spiro atoms. The molecule has 144 valence electrons. The maximum atomic E-state index is 12.0. The molecule has 0 aromatic heterocycles. The lowest BCUT2D eigenvalue weighted by Crippen LogP contribution is -2.49. The quantitative estimate of drug-likeness (QED) is 0.251. The maximum Gasteiger partial charge on any atom is 0.307 e. The van der Waals surface area contributed by atoms with Gasteiger partial charge in [-0.3, -0.25) is 4.79 Å². The molecule has 1 atom stereocenters. The summed E-state index contributed by atoms with van der Waals surface area (Å²) in [6.45, 7) is 7.58. The molecule has 0 bridgehead atoms. The first kappa shape index (κ1) is 23.1. The summed E-state index contributed by atoms with van der Waals surface area (Å²) in [5.74, 6) is -4.06. The number of rotatable bonds is 15. The fourth-order valence-electron chi connectivity index (χ4n) is 2.70. The van der Waals surface area contributed by atoms with E-state index >= 15 is 0 Å². The van der Waals surface area contributed by atoms with Gasteiger partial charge in [0.2, 0.25) is 0 Å². The summed E-state index contributed by atoms with van der Waals surface area (Å²) in [5, 5.41) is 22.9. The molecule has 0 heterocycles. The van der Waals surface area contributed by atoms with Gasteiger partial charge in [0.1, 0.15) is 0 Å². The monoisotopic (exact) mass is 354 g/mol. The Balaban J connectivity index is 4.96. The van der Waals surface area contributed by atoms with E-state index in [1.54, 1.807) is 0 Å². The van der Waals surface area contributed by atoms with E-state index in [0.29, 0.717) is 12.8 Å². The molecule has 25 heavy (non-hydrogen) atoms. The number of hydrogen-bond donors (Lipinski definition) is 0. The van der Waals surface area contributed by atoms with Crippen LogP contribution < -0.4 is 10.2 Å². The van der Waals surface area contributed by atoms with Crippen LogP contribution in [0.2, 0.25) is 0 Å². The molecule has 0 radical (unpaired) electrons. The molecule has 0 aliphatic carbocycles. The van der Waals surface area contributed by atoms with Gasteiger partial charge in [0.05, 0.1) is 25.0 Å². The van der Waals surface area contributed by atoms with Gasteiger partial charge in [-0.2, -0.15) is 0 Å². The Kier molecular flexibility index (Phi) is 11.6.